The molecular weight excluding hydrogens is 508 g/mol. The monoisotopic (exact) mass is 532 g/mol. The zero-order chi connectivity index (χ0) is 25.8. The van der Waals surface area contributed by atoms with E-state index in [9.17, 15) is 9.59 Å². The normalized spacial score (nSPS) is 11.2. The Labute approximate surface area is 222 Å². The fourth-order valence-electron chi connectivity index (χ4n) is 4.21. The number of H-pyrrole nitrogens is 1. The number of rotatable bonds is 9. The van der Waals surface area contributed by atoms with Crippen molar-refractivity contribution in [3.8, 4) is 0 Å². The van der Waals surface area contributed by atoms with Gasteiger partial charge in [0.25, 0.3) is 11.5 Å². The van der Waals surface area contributed by atoms with Crippen molar-refractivity contribution in [3.63, 3.8) is 0 Å². The van der Waals surface area contributed by atoms with Crippen molar-refractivity contribution in [2.24, 2.45) is 0 Å². The molecule has 7 nitrogen and oxygen atoms in total. The van der Waals surface area contributed by atoms with Crippen LogP contribution in [-0.2, 0) is 30.9 Å². The van der Waals surface area contributed by atoms with Gasteiger partial charge in [-0.25, -0.2) is 0 Å². The molecule has 188 valence electrons. The van der Waals surface area contributed by atoms with Crippen molar-refractivity contribution in [1.82, 2.24) is 20.1 Å². The van der Waals surface area contributed by atoms with E-state index in [2.05, 4.69) is 15.5 Å². The zero-order valence-corrected chi connectivity index (χ0v) is 21.7. The van der Waals surface area contributed by atoms with Crippen LogP contribution in [0.5, 0.6) is 0 Å². The number of halogens is 1. The van der Waals surface area contributed by atoms with Gasteiger partial charge in [0.2, 0.25) is 0 Å². The topological polar surface area (TPSA) is 89.0 Å². The average molecular weight is 533 g/mol. The van der Waals surface area contributed by atoms with E-state index in [4.69, 9.17) is 16.3 Å². The highest BCUT2D eigenvalue weighted by Crippen LogP contribution is 2.28. The minimum absolute atomic E-state index is 0.0377. The van der Waals surface area contributed by atoms with Gasteiger partial charge in [0.15, 0.2) is 5.69 Å². The standard InChI is InChI=1S/C28H25ClN4O3S/c1-36-17-24-23(12-18-5-7-19(8-6-18)16-33-11-3-2-4-26(33)34)27(32-31-24)28(35)30-15-22-14-20-13-21(29)9-10-25(20)37-22/h2-11,13-14H,12,15-17H2,1H3,(H,30,35)(H,31,32). The fraction of sp³-hybridized carbons (Fsp3) is 0.179. The van der Waals surface area contributed by atoms with E-state index in [1.807, 2.05) is 54.6 Å². The summed E-state index contributed by atoms with van der Waals surface area (Å²) in [7, 11) is 1.61. The van der Waals surface area contributed by atoms with E-state index in [-0.39, 0.29) is 11.5 Å². The van der Waals surface area contributed by atoms with Gasteiger partial charge in [-0.3, -0.25) is 14.7 Å². The Morgan fingerprint density at radius 2 is 1.92 bits per heavy atom. The van der Waals surface area contributed by atoms with E-state index < -0.39 is 0 Å². The molecule has 0 spiro atoms. The molecule has 0 atom stereocenters. The van der Waals surface area contributed by atoms with Crippen molar-refractivity contribution < 1.29 is 9.53 Å². The van der Waals surface area contributed by atoms with E-state index in [1.54, 1.807) is 41.3 Å². The Morgan fingerprint density at radius 1 is 1.11 bits per heavy atom. The molecule has 0 saturated carbocycles. The summed E-state index contributed by atoms with van der Waals surface area (Å²) >= 11 is 7.72. The van der Waals surface area contributed by atoms with Crippen molar-refractivity contribution in [3.05, 3.63) is 121 Å². The van der Waals surface area contributed by atoms with Crippen LogP contribution in [0.2, 0.25) is 5.02 Å². The second-order valence-corrected chi connectivity index (χ2v) is 10.3. The molecule has 5 rings (SSSR count). The van der Waals surface area contributed by atoms with Crippen LogP contribution in [0.3, 0.4) is 0 Å². The Morgan fingerprint density at radius 3 is 2.70 bits per heavy atom. The lowest BCUT2D eigenvalue weighted by atomic mass is 10.0. The van der Waals surface area contributed by atoms with Gasteiger partial charge in [-0.05, 0) is 46.8 Å². The third-order valence-corrected chi connectivity index (χ3v) is 7.42. The first-order valence-corrected chi connectivity index (χ1v) is 12.9. The number of hydrogen-bond donors (Lipinski definition) is 2. The molecule has 0 aliphatic heterocycles. The highest BCUT2D eigenvalue weighted by atomic mass is 35.5. The van der Waals surface area contributed by atoms with Gasteiger partial charge >= 0.3 is 0 Å². The van der Waals surface area contributed by atoms with Crippen LogP contribution in [-0.4, -0.2) is 27.8 Å². The minimum atomic E-state index is -0.246. The van der Waals surface area contributed by atoms with E-state index in [0.717, 1.165) is 37.3 Å². The van der Waals surface area contributed by atoms with E-state index in [0.29, 0.717) is 36.8 Å². The summed E-state index contributed by atoms with van der Waals surface area (Å²) in [5, 5.41) is 12.0. The zero-order valence-electron chi connectivity index (χ0n) is 20.2. The van der Waals surface area contributed by atoms with Gasteiger partial charge < -0.3 is 14.6 Å². The van der Waals surface area contributed by atoms with Gasteiger partial charge in [-0.15, -0.1) is 11.3 Å². The quantitative estimate of drug-likeness (QED) is 0.274. The summed E-state index contributed by atoms with van der Waals surface area (Å²) in [6.45, 7) is 1.22. The second-order valence-electron chi connectivity index (χ2n) is 8.70. The van der Waals surface area contributed by atoms with Crippen LogP contribution in [0.15, 0.2) is 77.7 Å². The van der Waals surface area contributed by atoms with Crippen LogP contribution >= 0.6 is 22.9 Å². The molecular formula is C28H25ClN4O3S. The molecule has 9 heteroatoms. The number of carbonyl (C=O) groups excluding carboxylic acids is 1. The predicted octanol–water partition coefficient (Wildman–Crippen LogP) is 5.16. The predicted molar refractivity (Wildman–Crippen MR) is 146 cm³/mol. The molecule has 3 aromatic heterocycles. The molecule has 5 aromatic rings. The van der Waals surface area contributed by atoms with Crippen LogP contribution in [0.25, 0.3) is 10.1 Å². The molecule has 0 unspecified atom stereocenters. The Kier molecular flexibility index (Phi) is 7.50. The maximum atomic E-state index is 13.1. The van der Waals surface area contributed by atoms with Gasteiger partial charge in [0.05, 0.1) is 25.4 Å². The van der Waals surface area contributed by atoms with Crippen LogP contribution in [0, 0.1) is 0 Å². The lowest BCUT2D eigenvalue weighted by Gasteiger charge is -2.09. The third kappa shape index (κ3) is 5.83. The van der Waals surface area contributed by atoms with Crippen LogP contribution in [0.1, 0.15) is 37.7 Å². The summed E-state index contributed by atoms with van der Waals surface area (Å²) in [5.74, 6) is -0.246. The van der Waals surface area contributed by atoms with E-state index in [1.165, 1.54) is 0 Å². The SMILES string of the molecule is COCc1[nH]nc(C(=O)NCc2cc3cc(Cl)ccc3s2)c1Cc1ccc(Cn2ccccc2=O)cc1. The van der Waals surface area contributed by atoms with Gasteiger partial charge in [-0.1, -0.05) is 41.9 Å². The maximum absolute atomic E-state index is 13.1. The summed E-state index contributed by atoms with van der Waals surface area (Å²) in [4.78, 5) is 26.2. The number of thiophene rings is 1. The molecule has 37 heavy (non-hydrogen) atoms. The van der Waals surface area contributed by atoms with Gasteiger partial charge in [0.1, 0.15) is 0 Å². The van der Waals surface area contributed by atoms with Gasteiger partial charge in [0, 0.05) is 46.0 Å². The largest absolute Gasteiger partial charge is 0.378 e. The van der Waals surface area contributed by atoms with Crippen LogP contribution in [0.4, 0.5) is 0 Å². The fourth-order valence-corrected chi connectivity index (χ4v) is 5.37. The maximum Gasteiger partial charge on any atom is 0.272 e. The second kappa shape index (κ2) is 11.1. The number of methoxy groups -OCH3 is 1. The number of ether oxygens (including phenoxy) is 1. The smallest absolute Gasteiger partial charge is 0.272 e. The molecule has 0 aliphatic rings. The number of benzene rings is 2. The first kappa shape index (κ1) is 25.0. The lowest BCUT2D eigenvalue weighted by Crippen LogP contribution is -2.24. The molecule has 1 amide bonds. The van der Waals surface area contributed by atoms with Crippen molar-refractivity contribution in [1.29, 1.82) is 0 Å². The summed E-state index contributed by atoms with van der Waals surface area (Å²) < 4.78 is 8.11. The lowest BCUT2D eigenvalue weighted by molar-refractivity contribution is 0.0945. The van der Waals surface area contributed by atoms with Crippen molar-refractivity contribution in [2.75, 3.05) is 7.11 Å². The Bertz CT molecular complexity index is 1600. The summed E-state index contributed by atoms with van der Waals surface area (Å²) in [6.07, 6.45) is 2.29. The summed E-state index contributed by atoms with van der Waals surface area (Å²) in [6, 6.07) is 21.0. The number of aromatic amines is 1. The minimum Gasteiger partial charge on any atom is -0.378 e. The number of pyridine rings is 1. The molecule has 3 heterocycles. The number of aromatic nitrogens is 3. The van der Waals surface area contributed by atoms with Gasteiger partial charge in [-0.2, -0.15) is 5.10 Å². The molecule has 0 fully saturated rings. The number of nitrogens with zero attached hydrogens (tertiary/aromatic N) is 2. The average Bonchev–Trinajstić information content (AvgIpc) is 3.48. The Hall–Kier alpha value is -3.72. The highest BCUT2D eigenvalue weighted by Gasteiger charge is 2.20. The van der Waals surface area contributed by atoms with E-state index >= 15 is 0 Å². The molecule has 2 N–H and O–H groups in total. The van der Waals surface area contributed by atoms with Crippen molar-refractivity contribution in [2.45, 2.75) is 26.1 Å². The summed E-state index contributed by atoms with van der Waals surface area (Å²) in [5.41, 5.74) is 3.93. The number of amides is 1. The first-order chi connectivity index (χ1) is 18.0. The molecule has 0 bridgehead atoms. The molecule has 2 aromatic carbocycles. The molecule has 0 radical (unpaired) electrons. The Balaban J connectivity index is 1.30. The molecule has 0 saturated heterocycles. The van der Waals surface area contributed by atoms with Crippen LogP contribution < -0.4 is 10.9 Å². The number of hydrogen-bond acceptors (Lipinski definition) is 5. The third-order valence-electron chi connectivity index (χ3n) is 6.06. The molecule has 0 aliphatic carbocycles. The number of fused-ring (bicyclic) bond motifs is 1. The highest BCUT2D eigenvalue weighted by molar-refractivity contribution is 7.19. The number of nitrogens with one attached hydrogen (secondary N) is 2. The first-order valence-electron chi connectivity index (χ1n) is 11.7. The number of carbonyl (C=O) groups is 1. The van der Waals surface area contributed by atoms with Crippen molar-refractivity contribution >= 4 is 38.9 Å².